The molecule has 5 nitrogen and oxygen atoms in total. The number of nitrogens with zero attached hydrogens (tertiary/aromatic N) is 1. The summed E-state index contributed by atoms with van der Waals surface area (Å²) in [7, 11) is 1.65. The van der Waals surface area contributed by atoms with E-state index in [1.54, 1.807) is 7.05 Å². The van der Waals surface area contributed by atoms with Crippen LogP contribution in [0.5, 0.6) is 0 Å². The molecular weight excluding hydrogens is 270 g/mol. The van der Waals surface area contributed by atoms with Crippen molar-refractivity contribution in [1.82, 2.24) is 10.2 Å². The second kappa shape index (κ2) is 5.96. The van der Waals surface area contributed by atoms with Crippen LogP contribution >= 0.6 is 0 Å². The minimum atomic E-state index is -1.07. The monoisotopic (exact) mass is 284 g/mol. The molecule has 2 rings (SSSR count). The fourth-order valence-electron chi connectivity index (χ4n) is 1.83. The highest BCUT2D eigenvalue weighted by molar-refractivity contribution is 5.94. The van der Waals surface area contributed by atoms with Crippen LogP contribution in [0.25, 0.3) is 0 Å². The van der Waals surface area contributed by atoms with Gasteiger partial charge in [0.25, 0.3) is 5.91 Å². The average molecular weight is 284 g/mol. The van der Waals surface area contributed by atoms with Crippen molar-refractivity contribution in [3.63, 3.8) is 0 Å². The number of hydrogen-bond donors (Lipinski definition) is 1. The van der Waals surface area contributed by atoms with E-state index >= 15 is 0 Å². The van der Waals surface area contributed by atoms with Gasteiger partial charge in [-0.25, -0.2) is 8.78 Å². The molecule has 0 saturated carbocycles. The first-order valence-corrected chi connectivity index (χ1v) is 6.06. The zero-order valence-electron chi connectivity index (χ0n) is 10.9. The molecule has 1 aliphatic rings. The van der Waals surface area contributed by atoms with Crippen molar-refractivity contribution < 1.29 is 23.1 Å². The molecule has 108 valence electrons. The predicted octanol–water partition coefficient (Wildman–Crippen LogP) is 0.552. The summed E-state index contributed by atoms with van der Waals surface area (Å²) in [5.41, 5.74) is 0.0316. The van der Waals surface area contributed by atoms with Crippen molar-refractivity contribution in [1.29, 1.82) is 0 Å². The topological polar surface area (TPSA) is 58.6 Å². The largest absolute Gasteiger partial charge is 0.365 e. The number of hydrogen-bond acceptors (Lipinski definition) is 3. The first-order valence-electron chi connectivity index (χ1n) is 6.06. The SMILES string of the molecule is CN1CC(CNC(=O)c2ccc(F)c(F)c2)OCC1=O. The Hall–Kier alpha value is -2.02. The summed E-state index contributed by atoms with van der Waals surface area (Å²) in [6.07, 6.45) is -0.313. The molecule has 0 bridgehead atoms. The Labute approximate surface area is 114 Å². The van der Waals surface area contributed by atoms with E-state index < -0.39 is 17.5 Å². The third-order valence-electron chi connectivity index (χ3n) is 3.02. The number of benzene rings is 1. The molecule has 1 aliphatic heterocycles. The van der Waals surface area contributed by atoms with Crippen LogP contribution in [-0.2, 0) is 9.53 Å². The van der Waals surface area contributed by atoms with Crippen molar-refractivity contribution >= 4 is 11.8 Å². The summed E-state index contributed by atoms with van der Waals surface area (Å²) in [6, 6.07) is 2.93. The second-order valence-corrected chi connectivity index (χ2v) is 4.55. The molecule has 1 unspecified atom stereocenters. The van der Waals surface area contributed by atoms with Gasteiger partial charge in [-0.2, -0.15) is 0 Å². The number of amides is 2. The number of halogens is 2. The number of nitrogens with one attached hydrogen (secondary N) is 1. The molecule has 0 aliphatic carbocycles. The molecule has 1 saturated heterocycles. The van der Waals surface area contributed by atoms with Crippen LogP contribution in [0.2, 0.25) is 0 Å². The lowest BCUT2D eigenvalue weighted by Gasteiger charge is -2.29. The van der Waals surface area contributed by atoms with E-state index in [0.717, 1.165) is 12.1 Å². The van der Waals surface area contributed by atoms with Crippen LogP contribution in [-0.4, -0.2) is 49.6 Å². The van der Waals surface area contributed by atoms with Crippen molar-refractivity contribution in [2.75, 3.05) is 26.7 Å². The number of rotatable bonds is 3. The van der Waals surface area contributed by atoms with Crippen LogP contribution in [0.3, 0.4) is 0 Å². The summed E-state index contributed by atoms with van der Waals surface area (Å²) in [5, 5.41) is 2.56. The van der Waals surface area contributed by atoms with Crippen LogP contribution < -0.4 is 5.32 Å². The van der Waals surface area contributed by atoms with Gasteiger partial charge in [-0.3, -0.25) is 9.59 Å². The molecule has 0 spiro atoms. The molecular formula is C13H14F2N2O3. The van der Waals surface area contributed by atoms with Crippen LogP contribution in [0.1, 0.15) is 10.4 Å². The van der Waals surface area contributed by atoms with E-state index in [4.69, 9.17) is 4.74 Å². The lowest BCUT2D eigenvalue weighted by Crippen LogP contribution is -2.48. The number of carbonyl (C=O) groups excluding carboxylic acids is 2. The van der Waals surface area contributed by atoms with Crippen LogP contribution in [0.15, 0.2) is 18.2 Å². The van der Waals surface area contributed by atoms with Crippen LogP contribution in [0.4, 0.5) is 8.78 Å². The molecule has 1 aromatic rings. The molecule has 0 radical (unpaired) electrons. The number of ether oxygens (including phenoxy) is 1. The zero-order chi connectivity index (χ0) is 14.7. The molecule has 1 atom stereocenters. The highest BCUT2D eigenvalue weighted by atomic mass is 19.2. The van der Waals surface area contributed by atoms with E-state index in [9.17, 15) is 18.4 Å². The highest BCUT2D eigenvalue weighted by Gasteiger charge is 2.23. The molecule has 20 heavy (non-hydrogen) atoms. The number of morpholine rings is 1. The summed E-state index contributed by atoms with van der Waals surface area (Å²) < 4.78 is 31.0. The minimum Gasteiger partial charge on any atom is -0.365 e. The second-order valence-electron chi connectivity index (χ2n) is 4.55. The van der Waals surface area contributed by atoms with Gasteiger partial charge in [0.15, 0.2) is 11.6 Å². The van der Waals surface area contributed by atoms with Crippen molar-refractivity contribution in [3.05, 3.63) is 35.4 Å². The Kier molecular flexibility index (Phi) is 4.29. The molecule has 1 N–H and O–H groups in total. The highest BCUT2D eigenvalue weighted by Crippen LogP contribution is 2.09. The smallest absolute Gasteiger partial charge is 0.251 e. The quantitative estimate of drug-likeness (QED) is 0.882. The molecule has 7 heteroatoms. The predicted molar refractivity (Wildman–Crippen MR) is 66.1 cm³/mol. The van der Waals surface area contributed by atoms with Gasteiger partial charge in [0.05, 0.1) is 6.10 Å². The Morgan fingerprint density at radius 1 is 1.45 bits per heavy atom. The van der Waals surface area contributed by atoms with Gasteiger partial charge in [0.2, 0.25) is 5.91 Å². The maximum absolute atomic E-state index is 13.0. The van der Waals surface area contributed by atoms with E-state index in [0.29, 0.717) is 6.54 Å². The maximum Gasteiger partial charge on any atom is 0.251 e. The molecule has 1 fully saturated rings. The minimum absolute atomic E-state index is 0.0256. The number of carbonyl (C=O) groups is 2. The summed E-state index contributed by atoms with van der Waals surface area (Å²) >= 11 is 0. The third kappa shape index (κ3) is 3.30. The summed E-state index contributed by atoms with van der Waals surface area (Å²) in [5.74, 6) is -2.71. The van der Waals surface area contributed by atoms with E-state index in [1.807, 2.05) is 0 Å². The van der Waals surface area contributed by atoms with Gasteiger partial charge in [0, 0.05) is 25.7 Å². The number of likely N-dealkylation sites (N-methyl/N-ethyl adjacent to an activating group) is 1. The zero-order valence-corrected chi connectivity index (χ0v) is 10.9. The average Bonchev–Trinajstić information content (AvgIpc) is 2.43. The Bertz CT molecular complexity index is 536. The van der Waals surface area contributed by atoms with Crippen LogP contribution in [0, 0.1) is 11.6 Å². The molecule has 1 heterocycles. The lowest BCUT2D eigenvalue weighted by molar-refractivity contribution is -0.146. The van der Waals surface area contributed by atoms with Crippen molar-refractivity contribution in [2.24, 2.45) is 0 Å². The lowest BCUT2D eigenvalue weighted by atomic mass is 10.2. The third-order valence-corrected chi connectivity index (χ3v) is 3.02. The Balaban J connectivity index is 1.89. The van der Waals surface area contributed by atoms with Gasteiger partial charge >= 0.3 is 0 Å². The fraction of sp³-hybridized carbons (Fsp3) is 0.385. The van der Waals surface area contributed by atoms with E-state index in [2.05, 4.69) is 5.32 Å². The van der Waals surface area contributed by atoms with E-state index in [1.165, 1.54) is 11.0 Å². The van der Waals surface area contributed by atoms with Crippen molar-refractivity contribution in [2.45, 2.75) is 6.10 Å². The van der Waals surface area contributed by atoms with Gasteiger partial charge in [-0.15, -0.1) is 0 Å². The van der Waals surface area contributed by atoms with Gasteiger partial charge < -0.3 is 15.0 Å². The first-order chi connectivity index (χ1) is 9.47. The molecule has 0 aromatic heterocycles. The summed E-state index contributed by atoms with van der Waals surface area (Å²) in [6.45, 7) is 0.536. The molecule has 2 amide bonds. The van der Waals surface area contributed by atoms with E-state index in [-0.39, 0.29) is 30.7 Å². The Morgan fingerprint density at radius 2 is 2.20 bits per heavy atom. The maximum atomic E-state index is 13.0. The molecule has 1 aromatic carbocycles. The van der Waals surface area contributed by atoms with Gasteiger partial charge in [-0.1, -0.05) is 0 Å². The Morgan fingerprint density at radius 3 is 2.85 bits per heavy atom. The summed E-state index contributed by atoms with van der Waals surface area (Å²) in [4.78, 5) is 24.5. The van der Waals surface area contributed by atoms with Gasteiger partial charge in [-0.05, 0) is 18.2 Å². The standard InChI is InChI=1S/C13H14F2N2O3/c1-17-6-9(20-7-12(17)18)5-16-13(19)8-2-3-10(14)11(15)4-8/h2-4,9H,5-7H2,1H3,(H,16,19). The van der Waals surface area contributed by atoms with Gasteiger partial charge in [0.1, 0.15) is 6.61 Å². The normalized spacial score (nSPS) is 19.1. The van der Waals surface area contributed by atoms with Crippen molar-refractivity contribution in [3.8, 4) is 0 Å². The first kappa shape index (κ1) is 14.4. The fourth-order valence-corrected chi connectivity index (χ4v) is 1.83.